The largest absolute Gasteiger partial charge is 0.322 e. The Labute approximate surface area is 163 Å². The number of carbonyl (C=O) groups excluding carboxylic acids is 3. The summed E-state index contributed by atoms with van der Waals surface area (Å²) < 4.78 is 48.8. The van der Waals surface area contributed by atoms with E-state index >= 15 is 4.39 Å². The number of hydrogen-bond acceptors (Lipinski definition) is 4. The van der Waals surface area contributed by atoms with E-state index in [0.717, 1.165) is 11.0 Å². The summed E-state index contributed by atoms with van der Waals surface area (Å²) in [6.07, 6.45) is 0.273. The minimum absolute atomic E-state index is 0.00935. The van der Waals surface area contributed by atoms with Crippen LogP contribution in [0.15, 0.2) is 12.1 Å². The molecular weight excluding hydrogens is 349 g/mol. The topological polar surface area (TPSA) is 69.7 Å². The van der Waals surface area contributed by atoms with E-state index in [0.29, 0.717) is 5.56 Å². The molecule has 1 N–H and O–H groups in total. The monoisotopic (exact) mass is 377 g/mol. The number of nitrogens with zero attached hydrogens (tertiary/aromatic N) is 2. The summed E-state index contributed by atoms with van der Waals surface area (Å²) in [6.45, 7) is 0.804. The Kier molecular flexibility index (Phi) is 3.13. The third-order valence-electron chi connectivity index (χ3n) is 5.14. The Balaban J connectivity index is 1.68. The molecule has 3 amide bonds. The van der Waals surface area contributed by atoms with Crippen LogP contribution in [0.5, 0.6) is 0 Å². The third kappa shape index (κ3) is 3.04. The quantitative estimate of drug-likeness (QED) is 0.798. The lowest BCUT2D eigenvalue weighted by molar-refractivity contribution is -0.136. The standard InChI is InChI=1S/C20H24FN3O3/c1-20(2,3)23-8-12(9-23)13-6-11-10-24(19(27)14(11)7-15(13)21)16-4-5-17(25)22-18(16)26/h6-7,12,16H,4-5,8-10H2,1-3H3,(H,22,25,26)/t16-/m1/s1/i8D2,9D2. The Morgan fingerprint density at radius 1 is 1.22 bits per heavy atom. The van der Waals surface area contributed by atoms with Crippen LogP contribution in [0.3, 0.4) is 0 Å². The highest BCUT2D eigenvalue weighted by molar-refractivity contribution is 6.05. The number of hydrogen-bond donors (Lipinski definition) is 1. The maximum atomic E-state index is 15.1. The second-order valence-corrected chi connectivity index (χ2v) is 8.13. The SMILES string of the molecule is [2H]C1([2H])C(c2cc3c(cc2F)C(=O)N([C@@H]2CCC(=O)NC2=O)C3)C([2H])([2H])N1C(C)(C)C. The molecule has 144 valence electrons. The molecule has 0 aliphatic carbocycles. The summed E-state index contributed by atoms with van der Waals surface area (Å²) >= 11 is 0. The first-order valence-electron chi connectivity index (χ1n) is 10.9. The minimum Gasteiger partial charge on any atom is -0.322 e. The van der Waals surface area contributed by atoms with E-state index in [-0.39, 0.29) is 30.5 Å². The zero-order valence-electron chi connectivity index (χ0n) is 19.4. The fourth-order valence-corrected chi connectivity index (χ4v) is 3.61. The summed E-state index contributed by atoms with van der Waals surface area (Å²) in [5.41, 5.74) is -0.479. The number of piperidine rings is 1. The molecule has 3 aliphatic heterocycles. The van der Waals surface area contributed by atoms with Crippen molar-refractivity contribution in [3.05, 3.63) is 34.6 Å². The predicted molar refractivity (Wildman–Crippen MR) is 96.5 cm³/mol. The maximum absolute atomic E-state index is 15.1. The molecule has 2 fully saturated rings. The molecule has 1 atom stereocenters. The summed E-state index contributed by atoms with van der Waals surface area (Å²) in [4.78, 5) is 38.8. The van der Waals surface area contributed by atoms with E-state index in [9.17, 15) is 14.4 Å². The number of nitrogens with one attached hydrogen (secondary N) is 1. The molecule has 0 spiro atoms. The summed E-state index contributed by atoms with van der Waals surface area (Å²) in [5, 5.41) is 2.20. The molecule has 1 aromatic carbocycles. The molecule has 3 heterocycles. The van der Waals surface area contributed by atoms with Crippen molar-refractivity contribution >= 4 is 17.7 Å². The molecule has 0 radical (unpaired) electrons. The maximum Gasteiger partial charge on any atom is 0.255 e. The van der Waals surface area contributed by atoms with Crippen LogP contribution >= 0.6 is 0 Å². The molecule has 7 heteroatoms. The van der Waals surface area contributed by atoms with Crippen molar-refractivity contribution in [2.75, 3.05) is 13.0 Å². The number of benzene rings is 1. The van der Waals surface area contributed by atoms with Gasteiger partial charge in [-0.3, -0.25) is 24.6 Å². The Morgan fingerprint density at radius 2 is 1.93 bits per heavy atom. The molecule has 0 bridgehead atoms. The van der Waals surface area contributed by atoms with Gasteiger partial charge in [0, 0.05) is 48.5 Å². The highest BCUT2D eigenvalue weighted by Gasteiger charge is 2.41. The molecule has 3 aliphatic rings. The molecule has 0 unspecified atom stereocenters. The molecule has 1 aromatic rings. The predicted octanol–water partition coefficient (Wildman–Crippen LogP) is 1.78. The zero-order chi connectivity index (χ0) is 23.1. The van der Waals surface area contributed by atoms with Crippen LogP contribution in [0.25, 0.3) is 0 Å². The normalized spacial score (nSPS) is 30.0. The van der Waals surface area contributed by atoms with Crippen molar-refractivity contribution in [3.63, 3.8) is 0 Å². The van der Waals surface area contributed by atoms with Gasteiger partial charge in [-0.1, -0.05) is 0 Å². The number of fused-ring (bicyclic) bond motifs is 1. The number of likely N-dealkylation sites (tertiary alicyclic amines) is 1. The van der Waals surface area contributed by atoms with E-state index in [2.05, 4.69) is 5.32 Å². The average Bonchev–Trinajstić information content (AvgIpc) is 2.88. The van der Waals surface area contributed by atoms with Crippen LogP contribution in [-0.2, 0) is 16.1 Å². The van der Waals surface area contributed by atoms with Gasteiger partial charge < -0.3 is 4.90 Å². The average molecular weight is 377 g/mol. The number of halogens is 1. The summed E-state index contributed by atoms with van der Waals surface area (Å²) in [7, 11) is 0. The number of carbonyl (C=O) groups is 3. The molecule has 2 saturated heterocycles. The van der Waals surface area contributed by atoms with Gasteiger partial charge in [-0.25, -0.2) is 4.39 Å². The molecule has 0 saturated carbocycles. The lowest BCUT2D eigenvalue weighted by Crippen LogP contribution is -2.54. The van der Waals surface area contributed by atoms with Crippen LogP contribution in [0.1, 0.15) is 66.5 Å². The molecule has 4 rings (SSSR count). The van der Waals surface area contributed by atoms with Crippen LogP contribution in [0.4, 0.5) is 4.39 Å². The van der Waals surface area contributed by atoms with Crippen LogP contribution < -0.4 is 5.32 Å². The van der Waals surface area contributed by atoms with E-state index in [1.54, 1.807) is 20.8 Å². The van der Waals surface area contributed by atoms with Crippen molar-refractivity contribution in [3.8, 4) is 0 Å². The minimum atomic E-state index is -2.14. The lowest BCUT2D eigenvalue weighted by atomic mass is 9.85. The van der Waals surface area contributed by atoms with Crippen LogP contribution in [0, 0.1) is 5.82 Å². The van der Waals surface area contributed by atoms with Gasteiger partial charge in [0.1, 0.15) is 11.9 Å². The second-order valence-electron chi connectivity index (χ2n) is 8.13. The Hall–Kier alpha value is -2.28. The van der Waals surface area contributed by atoms with Gasteiger partial charge in [-0.2, -0.15) is 0 Å². The van der Waals surface area contributed by atoms with Gasteiger partial charge in [0.25, 0.3) is 5.91 Å². The van der Waals surface area contributed by atoms with Crippen molar-refractivity contribution in [1.82, 2.24) is 15.1 Å². The Bertz CT molecular complexity index is 992. The third-order valence-corrected chi connectivity index (χ3v) is 5.14. The fourth-order valence-electron chi connectivity index (χ4n) is 3.61. The van der Waals surface area contributed by atoms with Crippen molar-refractivity contribution < 1.29 is 24.3 Å². The van der Waals surface area contributed by atoms with Gasteiger partial charge in [0.05, 0.1) is 0 Å². The highest BCUT2D eigenvalue weighted by Crippen LogP contribution is 2.37. The first-order valence-corrected chi connectivity index (χ1v) is 8.94. The number of rotatable bonds is 2. The summed E-state index contributed by atoms with van der Waals surface area (Å²) in [5.74, 6) is -3.76. The zero-order valence-corrected chi connectivity index (χ0v) is 15.4. The van der Waals surface area contributed by atoms with Crippen molar-refractivity contribution in [2.24, 2.45) is 0 Å². The van der Waals surface area contributed by atoms with Crippen LogP contribution in [0.2, 0.25) is 0 Å². The van der Waals surface area contributed by atoms with Gasteiger partial charge in [-0.15, -0.1) is 0 Å². The first-order chi connectivity index (χ1) is 14.2. The van der Waals surface area contributed by atoms with Gasteiger partial charge in [0.2, 0.25) is 11.8 Å². The van der Waals surface area contributed by atoms with E-state index in [1.807, 2.05) is 0 Å². The lowest BCUT2D eigenvalue weighted by Gasteiger charge is -2.48. The van der Waals surface area contributed by atoms with Gasteiger partial charge >= 0.3 is 0 Å². The van der Waals surface area contributed by atoms with Gasteiger partial charge in [-0.05, 0) is 50.5 Å². The van der Waals surface area contributed by atoms with Crippen LogP contribution in [-0.4, -0.2) is 52.1 Å². The highest BCUT2D eigenvalue weighted by atomic mass is 19.1. The van der Waals surface area contributed by atoms with Crippen molar-refractivity contribution in [1.29, 1.82) is 0 Å². The number of amides is 3. The summed E-state index contributed by atoms with van der Waals surface area (Å²) in [6, 6.07) is 1.50. The number of imide groups is 1. The molecule has 27 heavy (non-hydrogen) atoms. The van der Waals surface area contributed by atoms with E-state index < -0.39 is 54.0 Å². The fraction of sp³-hybridized carbons (Fsp3) is 0.550. The molecule has 0 aromatic heterocycles. The van der Waals surface area contributed by atoms with E-state index in [4.69, 9.17) is 5.48 Å². The van der Waals surface area contributed by atoms with Crippen molar-refractivity contribution in [2.45, 2.75) is 57.7 Å². The Morgan fingerprint density at radius 3 is 2.56 bits per heavy atom. The molecular formula is C20H24FN3O3. The molecule has 6 nitrogen and oxygen atoms in total. The van der Waals surface area contributed by atoms with Gasteiger partial charge in [0.15, 0.2) is 0 Å². The smallest absolute Gasteiger partial charge is 0.255 e. The second kappa shape index (κ2) is 6.12. The first kappa shape index (κ1) is 13.8. The van der Waals surface area contributed by atoms with E-state index in [1.165, 1.54) is 11.0 Å².